The minimum Gasteiger partial charge on any atom is -0.429 e. The standard InChI is InChI=1S/C17H14O2/c1-12-16(19-17(12)18)15(13-8-4-2-5-9-13)14-10-6-3-7-11-14/h2-12H,1H3. The second kappa shape index (κ2) is 4.73. The number of benzene rings is 2. The van der Waals surface area contributed by atoms with Crippen LogP contribution in [0.5, 0.6) is 0 Å². The Labute approximate surface area is 112 Å². The van der Waals surface area contributed by atoms with E-state index in [4.69, 9.17) is 4.74 Å². The minimum atomic E-state index is -0.157. The predicted molar refractivity (Wildman–Crippen MR) is 74.2 cm³/mol. The Morgan fingerprint density at radius 1 is 0.895 bits per heavy atom. The van der Waals surface area contributed by atoms with Crippen molar-refractivity contribution in [3.8, 4) is 0 Å². The molecular weight excluding hydrogens is 236 g/mol. The Bertz CT molecular complexity index is 585. The molecule has 0 spiro atoms. The first-order valence-electron chi connectivity index (χ1n) is 6.34. The molecular formula is C17H14O2. The van der Waals surface area contributed by atoms with Gasteiger partial charge in [0, 0.05) is 5.57 Å². The number of hydrogen-bond donors (Lipinski definition) is 0. The van der Waals surface area contributed by atoms with Crippen LogP contribution < -0.4 is 0 Å². The molecule has 1 unspecified atom stereocenters. The Balaban J connectivity index is 2.16. The molecule has 0 N–H and O–H groups in total. The van der Waals surface area contributed by atoms with Gasteiger partial charge in [0.1, 0.15) is 11.7 Å². The number of rotatable bonds is 2. The molecule has 1 fully saturated rings. The van der Waals surface area contributed by atoms with Gasteiger partial charge >= 0.3 is 5.97 Å². The van der Waals surface area contributed by atoms with Crippen molar-refractivity contribution in [1.29, 1.82) is 0 Å². The van der Waals surface area contributed by atoms with Crippen LogP contribution in [0, 0.1) is 5.92 Å². The zero-order valence-electron chi connectivity index (χ0n) is 10.7. The van der Waals surface area contributed by atoms with Crippen molar-refractivity contribution in [3.63, 3.8) is 0 Å². The second-order valence-electron chi connectivity index (χ2n) is 4.61. The summed E-state index contributed by atoms with van der Waals surface area (Å²) in [6, 6.07) is 20.1. The predicted octanol–water partition coefficient (Wildman–Crippen LogP) is 3.64. The van der Waals surface area contributed by atoms with Crippen LogP contribution in [0.25, 0.3) is 5.57 Å². The highest BCUT2D eigenvalue weighted by Crippen LogP contribution is 2.37. The topological polar surface area (TPSA) is 26.3 Å². The van der Waals surface area contributed by atoms with Gasteiger partial charge in [-0.1, -0.05) is 60.7 Å². The van der Waals surface area contributed by atoms with Crippen molar-refractivity contribution < 1.29 is 9.53 Å². The van der Waals surface area contributed by atoms with Gasteiger partial charge in [-0.05, 0) is 18.1 Å². The first kappa shape index (κ1) is 11.7. The summed E-state index contributed by atoms with van der Waals surface area (Å²) >= 11 is 0. The minimum absolute atomic E-state index is 0.153. The molecule has 2 aromatic rings. The molecule has 1 aliphatic heterocycles. The zero-order chi connectivity index (χ0) is 13.2. The van der Waals surface area contributed by atoms with Gasteiger partial charge in [-0.3, -0.25) is 4.79 Å². The third-order valence-corrected chi connectivity index (χ3v) is 3.33. The monoisotopic (exact) mass is 250 g/mol. The van der Waals surface area contributed by atoms with Gasteiger partial charge in [-0.2, -0.15) is 0 Å². The SMILES string of the molecule is CC1C(=O)OC1=C(c1ccccc1)c1ccccc1. The summed E-state index contributed by atoms with van der Waals surface area (Å²) in [4.78, 5) is 11.4. The average molecular weight is 250 g/mol. The lowest BCUT2D eigenvalue weighted by Crippen LogP contribution is -2.31. The summed E-state index contributed by atoms with van der Waals surface area (Å²) in [5.41, 5.74) is 3.15. The van der Waals surface area contributed by atoms with Crippen molar-refractivity contribution >= 4 is 11.5 Å². The van der Waals surface area contributed by atoms with E-state index in [2.05, 4.69) is 0 Å². The van der Waals surface area contributed by atoms with Crippen LogP contribution in [-0.4, -0.2) is 5.97 Å². The molecule has 1 aliphatic rings. The molecule has 2 heteroatoms. The van der Waals surface area contributed by atoms with Gasteiger partial charge in [0.2, 0.25) is 0 Å². The van der Waals surface area contributed by atoms with Crippen LogP contribution in [0.3, 0.4) is 0 Å². The third-order valence-electron chi connectivity index (χ3n) is 3.33. The van der Waals surface area contributed by atoms with Gasteiger partial charge in [-0.15, -0.1) is 0 Å². The van der Waals surface area contributed by atoms with E-state index in [0.717, 1.165) is 22.5 Å². The Morgan fingerprint density at radius 3 is 1.74 bits per heavy atom. The van der Waals surface area contributed by atoms with E-state index in [1.54, 1.807) is 0 Å². The Morgan fingerprint density at radius 2 is 1.37 bits per heavy atom. The Kier molecular flexibility index (Phi) is 2.92. The quantitative estimate of drug-likeness (QED) is 0.761. The van der Waals surface area contributed by atoms with E-state index in [1.165, 1.54) is 0 Å². The highest BCUT2D eigenvalue weighted by Gasteiger charge is 2.36. The van der Waals surface area contributed by atoms with Crippen LogP contribution in [0.2, 0.25) is 0 Å². The van der Waals surface area contributed by atoms with E-state index in [0.29, 0.717) is 0 Å². The number of hydrogen-bond acceptors (Lipinski definition) is 2. The van der Waals surface area contributed by atoms with Crippen molar-refractivity contribution in [2.75, 3.05) is 0 Å². The van der Waals surface area contributed by atoms with Crippen molar-refractivity contribution in [3.05, 3.63) is 77.5 Å². The fraction of sp³-hybridized carbons (Fsp3) is 0.118. The molecule has 0 bridgehead atoms. The van der Waals surface area contributed by atoms with Crippen molar-refractivity contribution in [2.24, 2.45) is 5.92 Å². The summed E-state index contributed by atoms with van der Waals surface area (Å²) in [6.07, 6.45) is 0. The van der Waals surface area contributed by atoms with E-state index in [1.807, 2.05) is 67.6 Å². The smallest absolute Gasteiger partial charge is 0.321 e. The van der Waals surface area contributed by atoms with Crippen molar-refractivity contribution in [2.45, 2.75) is 6.92 Å². The first-order valence-corrected chi connectivity index (χ1v) is 6.34. The first-order chi connectivity index (χ1) is 9.27. The van der Waals surface area contributed by atoms with E-state index < -0.39 is 0 Å². The van der Waals surface area contributed by atoms with Crippen LogP contribution in [0.1, 0.15) is 18.1 Å². The highest BCUT2D eigenvalue weighted by molar-refractivity contribution is 5.92. The molecule has 0 aliphatic carbocycles. The lowest BCUT2D eigenvalue weighted by Gasteiger charge is -2.28. The molecule has 0 saturated carbocycles. The fourth-order valence-corrected chi connectivity index (χ4v) is 2.26. The summed E-state index contributed by atoms with van der Waals surface area (Å²) < 4.78 is 5.26. The summed E-state index contributed by atoms with van der Waals surface area (Å²) in [6.45, 7) is 1.88. The average Bonchev–Trinajstić information content (AvgIpc) is 2.49. The molecule has 2 aromatic carbocycles. The van der Waals surface area contributed by atoms with E-state index >= 15 is 0 Å². The molecule has 0 aromatic heterocycles. The largest absolute Gasteiger partial charge is 0.429 e. The number of carbonyl (C=O) groups is 1. The summed E-state index contributed by atoms with van der Waals surface area (Å²) in [7, 11) is 0. The molecule has 94 valence electrons. The molecule has 19 heavy (non-hydrogen) atoms. The molecule has 0 amide bonds. The Hall–Kier alpha value is -2.35. The number of carbonyl (C=O) groups excluding carboxylic acids is 1. The zero-order valence-corrected chi connectivity index (χ0v) is 10.7. The van der Waals surface area contributed by atoms with Gasteiger partial charge in [0.15, 0.2) is 0 Å². The third kappa shape index (κ3) is 2.06. The molecule has 2 nitrogen and oxygen atoms in total. The van der Waals surface area contributed by atoms with Gasteiger partial charge in [0.25, 0.3) is 0 Å². The van der Waals surface area contributed by atoms with Crippen LogP contribution >= 0.6 is 0 Å². The maximum absolute atomic E-state index is 11.4. The number of cyclic esters (lactones) is 1. The van der Waals surface area contributed by atoms with Crippen LogP contribution in [0.4, 0.5) is 0 Å². The van der Waals surface area contributed by atoms with E-state index in [-0.39, 0.29) is 11.9 Å². The molecule has 1 atom stereocenters. The molecule has 1 heterocycles. The van der Waals surface area contributed by atoms with E-state index in [9.17, 15) is 4.79 Å². The number of ether oxygens (including phenoxy) is 1. The maximum Gasteiger partial charge on any atom is 0.321 e. The van der Waals surface area contributed by atoms with Crippen LogP contribution in [0.15, 0.2) is 66.4 Å². The molecule has 1 saturated heterocycles. The normalized spacial score (nSPS) is 17.6. The van der Waals surface area contributed by atoms with Gasteiger partial charge in [-0.25, -0.2) is 0 Å². The lowest BCUT2D eigenvalue weighted by atomic mass is 9.90. The molecule has 0 radical (unpaired) electrons. The maximum atomic E-state index is 11.4. The van der Waals surface area contributed by atoms with Gasteiger partial charge < -0.3 is 4.74 Å². The fourth-order valence-electron chi connectivity index (χ4n) is 2.26. The molecule has 3 rings (SSSR count). The second-order valence-corrected chi connectivity index (χ2v) is 4.61. The highest BCUT2D eigenvalue weighted by atomic mass is 16.6. The van der Waals surface area contributed by atoms with Gasteiger partial charge in [0.05, 0.1) is 0 Å². The summed E-state index contributed by atoms with van der Waals surface area (Å²) in [5.74, 6) is 0.456. The number of esters is 1. The van der Waals surface area contributed by atoms with Crippen molar-refractivity contribution in [1.82, 2.24) is 0 Å². The lowest BCUT2D eigenvalue weighted by molar-refractivity contribution is -0.155. The summed E-state index contributed by atoms with van der Waals surface area (Å²) in [5, 5.41) is 0. The van der Waals surface area contributed by atoms with Crippen LogP contribution in [-0.2, 0) is 9.53 Å².